The number of carbonyl (C=O) groups excluding carboxylic acids is 1. The molecule has 116 valence electrons. The van der Waals surface area contributed by atoms with Gasteiger partial charge in [0.2, 0.25) is 0 Å². The number of carbonyl (C=O) groups is 1. The molecule has 21 heavy (non-hydrogen) atoms. The molecule has 3 nitrogen and oxygen atoms in total. The summed E-state index contributed by atoms with van der Waals surface area (Å²) >= 11 is 3.59. The summed E-state index contributed by atoms with van der Waals surface area (Å²) in [5.41, 5.74) is 1.83. The predicted molar refractivity (Wildman–Crippen MR) is 88.4 cm³/mol. The molecular weight excluding hydrogens is 330 g/mol. The van der Waals surface area contributed by atoms with E-state index in [2.05, 4.69) is 34.7 Å². The van der Waals surface area contributed by atoms with Crippen molar-refractivity contribution < 1.29 is 9.53 Å². The highest BCUT2D eigenvalue weighted by Crippen LogP contribution is 2.30. The third-order valence-electron chi connectivity index (χ3n) is 3.90. The Hall–Kier alpha value is -0.870. The predicted octanol–water partition coefficient (Wildman–Crippen LogP) is 4.25. The molecule has 1 saturated carbocycles. The Labute approximate surface area is 135 Å². The van der Waals surface area contributed by atoms with Crippen LogP contribution < -0.4 is 0 Å². The van der Waals surface area contributed by atoms with Crippen LogP contribution in [-0.2, 0) is 11.3 Å². The number of hydrogen-bond donors (Lipinski definition) is 0. The summed E-state index contributed by atoms with van der Waals surface area (Å²) in [7, 11) is 1.41. The zero-order valence-electron chi connectivity index (χ0n) is 13.1. The molecule has 0 unspecified atom stereocenters. The summed E-state index contributed by atoms with van der Waals surface area (Å²) < 4.78 is 5.74. The molecule has 1 aromatic carbocycles. The molecule has 1 aliphatic rings. The largest absolute Gasteiger partial charge is 0.465 e. The van der Waals surface area contributed by atoms with Gasteiger partial charge in [-0.25, -0.2) is 4.79 Å². The first-order chi connectivity index (χ1) is 10.0. The second-order valence-electron chi connectivity index (χ2n) is 6.18. The van der Waals surface area contributed by atoms with Crippen LogP contribution >= 0.6 is 15.9 Å². The highest BCUT2D eigenvalue weighted by Gasteiger charge is 2.29. The lowest BCUT2D eigenvalue weighted by Crippen LogP contribution is -2.27. The van der Waals surface area contributed by atoms with Crippen molar-refractivity contribution in [3.8, 4) is 0 Å². The van der Waals surface area contributed by atoms with Gasteiger partial charge >= 0.3 is 5.97 Å². The van der Waals surface area contributed by atoms with Crippen LogP contribution in [0.2, 0.25) is 0 Å². The van der Waals surface area contributed by atoms with Crippen LogP contribution in [0.3, 0.4) is 0 Å². The number of ether oxygens (including phenoxy) is 1. The van der Waals surface area contributed by atoms with E-state index in [1.165, 1.54) is 31.9 Å². The molecule has 2 rings (SSSR count). The van der Waals surface area contributed by atoms with Gasteiger partial charge in [-0.05, 0) is 49.4 Å². The number of rotatable bonds is 7. The standard InChI is InChI=1S/C17H24BrNO2/c1-12(2)8-9-19(15-6-7-15)11-14-5-4-13(10-16(14)18)17(20)21-3/h4-5,10,12,15H,6-9,11H2,1-3H3. The van der Waals surface area contributed by atoms with Gasteiger partial charge < -0.3 is 4.74 Å². The van der Waals surface area contributed by atoms with Crippen molar-refractivity contribution in [2.75, 3.05) is 13.7 Å². The molecule has 0 aromatic heterocycles. The molecule has 0 atom stereocenters. The van der Waals surface area contributed by atoms with Crippen LogP contribution in [0.1, 0.15) is 49.0 Å². The Bertz CT molecular complexity index is 498. The topological polar surface area (TPSA) is 29.5 Å². The number of methoxy groups -OCH3 is 1. The van der Waals surface area contributed by atoms with E-state index in [4.69, 9.17) is 4.74 Å². The number of halogens is 1. The lowest BCUT2D eigenvalue weighted by molar-refractivity contribution is 0.0600. The normalized spacial score (nSPS) is 14.8. The van der Waals surface area contributed by atoms with Crippen molar-refractivity contribution in [3.63, 3.8) is 0 Å². The summed E-state index contributed by atoms with van der Waals surface area (Å²) in [6.07, 6.45) is 3.86. The highest BCUT2D eigenvalue weighted by atomic mass is 79.9. The fourth-order valence-corrected chi connectivity index (χ4v) is 2.90. The van der Waals surface area contributed by atoms with E-state index < -0.39 is 0 Å². The maximum atomic E-state index is 11.5. The van der Waals surface area contributed by atoms with Gasteiger partial charge in [-0.3, -0.25) is 4.90 Å². The summed E-state index contributed by atoms with van der Waals surface area (Å²) in [4.78, 5) is 14.1. The molecule has 0 heterocycles. The molecule has 0 radical (unpaired) electrons. The van der Waals surface area contributed by atoms with Crippen molar-refractivity contribution >= 4 is 21.9 Å². The fraction of sp³-hybridized carbons (Fsp3) is 0.588. The molecule has 1 aromatic rings. The third-order valence-corrected chi connectivity index (χ3v) is 4.64. The van der Waals surface area contributed by atoms with Crippen molar-refractivity contribution in [3.05, 3.63) is 33.8 Å². The molecule has 0 N–H and O–H groups in total. The van der Waals surface area contributed by atoms with Gasteiger partial charge in [0.05, 0.1) is 12.7 Å². The number of esters is 1. The minimum absolute atomic E-state index is 0.291. The van der Waals surface area contributed by atoms with Gasteiger partial charge in [-0.15, -0.1) is 0 Å². The van der Waals surface area contributed by atoms with Gasteiger partial charge in [-0.1, -0.05) is 35.8 Å². The molecule has 1 aliphatic carbocycles. The zero-order chi connectivity index (χ0) is 15.4. The van der Waals surface area contributed by atoms with E-state index in [-0.39, 0.29) is 5.97 Å². The smallest absolute Gasteiger partial charge is 0.337 e. The van der Waals surface area contributed by atoms with Crippen LogP contribution in [0.15, 0.2) is 22.7 Å². The fourth-order valence-electron chi connectivity index (χ4n) is 2.39. The van der Waals surface area contributed by atoms with Crippen LogP contribution in [0.4, 0.5) is 0 Å². The van der Waals surface area contributed by atoms with E-state index in [1.807, 2.05) is 18.2 Å². The van der Waals surface area contributed by atoms with Crippen molar-refractivity contribution in [1.82, 2.24) is 4.90 Å². The first-order valence-corrected chi connectivity index (χ1v) is 8.41. The minimum Gasteiger partial charge on any atom is -0.465 e. The third kappa shape index (κ3) is 4.82. The van der Waals surface area contributed by atoms with Crippen LogP contribution in [0.5, 0.6) is 0 Å². The summed E-state index contributed by atoms with van der Waals surface area (Å²) in [5, 5.41) is 0. The van der Waals surface area contributed by atoms with Crippen LogP contribution in [0.25, 0.3) is 0 Å². The van der Waals surface area contributed by atoms with E-state index in [1.54, 1.807) is 0 Å². The number of nitrogens with zero attached hydrogens (tertiary/aromatic N) is 1. The quantitative estimate of drug-likeness (QED) is 0.686. The SMILES string of the molecule is COC(=O)c1ccc(CN(CCC(C)C)C2CC2)c(Br)c1. The van der Waals surface area contributed by atoms with E-state index in [0.717, 1.165) is 29.5 Å². The molecule has 1 fully saturated rings. The molecule has 0 amide bonds. The van der Waals surface area contributed by atoms with Crippen molar-refractivity contribution in [2.24, 2.45) is 5.92 Å². The molecule has 0 aliphatic heterocycles. The van der Waals surface area contributed by atoms with E-state index >= 15 is 0 Å². The van der Waals surface area contributed by atoms with Gasteiger partial charge in [0.25, 0.3) is 0 Å². The maximum absolute atomic E-state index is 11.5. The Kier molecular flexibility index (Phi) is 5.82. The van der Waals surface area contributed by atoms with Gasteiger partial charge in [-0.2, -0.15) is 0 Å². The van der Waals surface area contributed by atoms with E-state index in [9.17, 15) is 4.79 Å². The Morgan fingerprint density at radius 3 is 2.67 bits per heavy atom. The lowest BCUT2D eigenvalue weighted by Gasteiger charge is -2.23. The first-order valence-electron chi connectivity index (χ1n) is 7.62. The molecule has 0 saturated heterocycles. The number of hydrogen-bond acceptors (Lipinski definition) is 3. The summed E-state index contributed by atoms with van der Waals surface area (Å²) in [6, 6.07) is 6.48. The molecule has 0 bridgehead atoms. The van der Waals surface area contributed by atoms with Crippen molar-refractivity contribution in [2.45, 2.75) is 45.7 Å². The summed E-state index contributed by atoms with van der Waals surface area (Å²) in [5.74, 6) is 0.442. The van der Waals surface area contributed by atoms with Crippen molar-refractivity contribution in [1.29, 1.82) is 0 Å². The summed E-state index contributed by atoms with van der Waals surface area (Å²) in [6.45, 7) is 6.63. The van der Waals surface area contributed by atoms with E-state index in [0.29, 0.717) is 5.56 Å². The molecule has 4 heteroatoms. The second kappa shape index (κ2) is 7.41. The average molecular weight is 354 g/mol. The highest BCUT2D eigenvalue weighted by molar-refractivity contribution is 9.10. The Morgan fingerprint density at radius 1 is 1.43 bits per heavy atom. The molecular formula is C17H24BrNO2. The van der Waals surface area contributed by atoms with Gasteiger partial charge in [0.15, 0.2) is 0 Å². The monoisotopic (exact) mass is 353 g/mol. The average Bonchev–Trinajstić information content (AvgIpc) is 3.28. The van der Waals surface area contributed by atoms with Gasteiger partial charge in [0.1, 0.15) is 0 Å². The van der Waals surface area contributed by atoms with Gasteiger partial charge in [0, 0.05) is 17.1 Å². The molecule has 0 spiro atoms. The maximum Gasteiger partial charge on any atom is 0.337 e. The number of benzene rings is 1. The van der Waals surface area contributed by atoms with Crippen LogP contribution in [0, 0.1) is 5.92 Å². The Balaban J connectivity index is 2.04. The second-order valence-corrected chi connectivity index (χ2v) is 7.04. The zero-order valence-corrected chi connectivity index (χ0v) is 14.6. The lowest BCUT2D eigenvalue weighted by atomic mass is 10.1. The van der Waals surface area contributed by atoms with Crippen LogP contribution in [-0.4, -0.2) is 30.6 Å². The minimum atomic E-state index is -0.291. The Morgan fingerprint density at radius 2 is 2.14 bits per heavy atom. The first kappa shape index (κ1) is 16.5.